The van der Waals surface area contributed by atoms with E-state index < -0.39 is 11.6 Å². The second-order valence-electron chi connectivity index (χ2n) is 10.8. The number of benzene rings is 2. The number of carbonyl (C=O) groups is 1. The molecule has 0 unspecified atom stereocenters. The summed E-state index contributed by atoms with van der Waals surface area (Å²) >= 11 is 6.58. The van der Waals surface area contributed by atoms with E-state index in [2.05, 4.69) is 38.0 Å². The maximum Gasteiger partial charge on any atom is 0.253 e. The number of hydrogen-bond acceptors (Lipinski definition) is 6. The quantitative estimate of drug-likeness (QED) is 0.412. The summed E-state index contributed by atoms with van der Waals surface area (Å²) in [5.41, 5.74) is 2.69. The predicted octanol–water partition coefficient (Wildman–Crippen LogP) is 5.24. The first-order valence-corrected chi connectivity index (χ1v) is 14.3. The van der Waals surface area contributed by atoms with Crippen molar-refractivity contribution in [2.75, 3.05) is 37.6 Å². The Morgan fingerprint density at radius 3 is 2.46 bits per heavy atom. The van der Waals surface area contributed by atoms with Gasteiger partial charge in [0.05, 0.1) is 22.2 Å². The van der Waals surface area contributed by atoms with Crippen molar-refractivity contribution >= 4 is 23.3 Å². The van der Waals surface area contributed by atoms with E-state index in [0.717, 1.165) is 64.2 Å². The monoisotopic (exact) mass is 580 g/mol. The van der Waals surface area contributed by atoms with Crippen LogP contribution in [0.5, 0.6) is 0 Å². The zero-order valence-electron chi connectivity index (χ0n) is 23.0. The van der Waals surface area contributed by atoms with E-state index in [1.807, 2.05) is 24.3 Å². The minimum atomic E-state index is -0.953. The SMILES string of the molecule is C[C@@H]1CN(c2ncc(C(=O)NCc3ccc(F)c(F)c3)cc2Cl)CCN1C1CCN(Cc2ccc(C#N)cc2)CC1.[HH]. The highest BCUT2D eigenvalue weighted by Crippen LogP contribution is 2.29. The first-order valence-electron chi connectivity index (χ1n) is 13.9. The number of piperazine rings is 1. The Bertz CT molecular complexity index is 1430. The molecule has 1 aromatic heterocycles. The highest BCUT2D eigenvalue weighted by molar-refractivity contribution is 6.33. The number of piperidine rings is 1. The Labute approximate surface area is 245 Å². The molecule has 216 valence electrons. The second-order valence-corrected chi connectivity index (χ2v) is 11.2. The van der Waals surface area contributed by atoms with E-state index >= 15 is 0 Å². The van der Waals surface area contributed by atoms with Crippen molar-refractivity contribution in [2.45, 2.75) is 44.9 Å². The molecule has 3 aromatic rings. The average molecular weight is 581 g/mol. The molecule has 41 heavy (non-hydrogen) atoms. The third kappa shape index (κ3) is 7.02. The zero-order valence-corrected chi connectivity index (χ0v) is 23.7. The van der Waals surface area contributed by atoms with Crippen LogP contribution in [0.4, 0.5) is 14.6 Å². The van der Waals surface area contributed by atoms with E-state index in [0.29, 0.717) is 39.6 Å². The molecule has 2 aliphatic heterocycles. The summed E-state index contributed by atoms with van der Waals surface area (Å²) in [5.74, 6) is -1.61. The lowest BCUT2D eigenvalue weighted by Gasteiger charge is -2.47. The van der Waals surface area contributed by atoms with E-state index in [4.69, 9.17) is 16.9 Å². The van der Waals surface area contributed by atoms with E-state index in [-0.39, 0.29) is 13.9 Å². The van der Waals surface area contributed by atoms with Crippen molar-refractivity contribution in [3.05, 3.63) is 93.6 Å². The molecule has 0 radical (unpaired) electrons. The number of nitrogens with one attached hydrogen (secondary N) is 1. The van der Waals surface area contributed by atoms with Crippen LogP contribution in [-0.4, -0.2) is 65.5 Å². The minimum Gasteiger partial charge on any atom is -0.353 e. The molecule has 0 saturated carbocycles. The summed E-state index contributed by atoms with van der Waals surface area (Å²) in [6, 6.07) is 16.0. The molecular formula is C31H35ClF2N6O. The summed E-state index contributed by atoms with van der Waals surface area (Å²) in [6.07, 6.45) is 3.74. The normalized spacial score (nSPS) is 18.7. The summed E-state index contributed by atoms with van der Waals surface area (Å²) < 4.78 is 26.6. The van der Waals surface area contributed by atoms with E-state index in [9.17, 15) is 13.6 Å². The summed E-state index contributed by atoms with van der Waals surface area (Å²) in [7, 11) is 0. The number of halogens is 3. The Morgan fingerprint density at radius 2 is 1.80 bits per heavy atom. The fourth-order valence-electron chi connectivity index (χ4n) is 5.78. The van der Waals surface area contributed by atoms with Crippen molar-refractivity contribution in [3.63, 3.8) is 0 Å². The van der Waals surface area contributed by atoms with Gasteiger partial charge in [0.2, 0.25) is 0 Å². The molecule has 0 spiro atoms. The van der Waals surface area contributed by atoms with Crippen LogP contribution in [0.25, 0.3) is 0 Å². The van der Waals surface area contributed by atoms with Crippen LogP contribution in [0.3, 0.4) is 0 Å². The molecular weight excluding hydrogens is 546 g/mol. The Kier molecular flexibility index (Phi) is 9.13. The van der Waals surface area contributed by atoms with Gasteiger partial charge in [0.15, 0.2) is 11.6 Å². The van der Waals surface area contributed by atoms with Gasteiger partial charge in [0, 0.05) is 52.4 Å². The number of amides is 1. The van der Waals surface area contributed by atoms with Crippen molar-refractivity contribution in [2.24, 2.45) is 0 Å². The molecule has 2 aromatic carbocycles. The minimum absolute atomic E-state index is 0. The number of nitriles is 1. The number of likely N-dealkylation sites (tertiary alicyclic amines) is 1. The fraction of sp³-hybridized carbons (Fsp3) is 0.387. The van der Waals surface area contributed by atoms with Gasteiger partial charge in [-0.1, -0.05) is 29.8 Å². The Hall–Kier alpha value is -3.58. The third-order valence-electron chi connectivity index (χ3n) is 8.01. The van der Waals surface area contributed by atoms with E-state index in [1.54, 1.807) is 6.07 Å². The molecule has 5 rings (SSSR count). The number of carbonyl (C=O) groups excluding carboxylic acids is 1. The largest absolute Gasteiger partial charge is 0.353 e. The molecule has 7 nitrogen and oxygen atoms in total. The number of aromatic nitrogens is 1. The molecule has 1 amide bonds. The van der Waals surface area contributed by atoms with Crippen LogP contribution in [0.1, 0.15) is 48.2 Å². The molecule has 10 heteroatoms. The molecule has 2 fully saturated rings. The Balaban J connectivity index is 0.00000405. The van der Waals surface area contributed by atoms with Gasteiger partial charge >= 0.3 is 0 Å². The van der Waals surface area contributed by atoms with Crippen molar-refractivity contribution in [1.29, 1.82) is 5.26 Å². The smallest absolute Gasteiger partial charge is 0.253 e. The lowest BCUT2D eigenvalue weighted by atomic mass is 9.99. The van der Waals surface area contributed by atoms with Gasteiger partial charge < -0.3 is 10.2 Å². The first-order chi connectivity index (χ1) is 19.8. The first kappa shape index (κ1) is 28.9. The van der Waals surface area contributed by atoms with Crippen LogP contribution >= 0.6 is 11.6 Å². The number of pyridine rings is 1. The molecule has 1 N–H and O–H groups in total. The highest BCUT2D eigenvalue weighted by Gasteiger charge is 2.32. The molecule has 1 atom stereocenters. The van der Waals surface area contributed by atoms with Crippen molar-refractivity contribution in [3.8, 4) is 6.07 Å². The van der Waals surface area contributed by atoms with Gasteiger partial charge in [-0.15, -0.1) is 0 Å². The molecule has 0 aliphatic carbocycles. The number of anilines is 1. The van der Waals surface area contributed by atoms with Gasteiger partial charge in [-0.2, -0.15) is 5.26 Å². The average Bonchev–Trinajstić information content (AvgIpc) is 2.98. The second kappa shape index (κ2) is 12.9. The lowest BCUT2D eigenvalue weighted by molar-refractivity contribution is 0.0690. The number of nitrogens with zero attached hydrogens (tertiary/aromatic N) is 5. The van der Waals surface area contributed by atoms with Crippen LogP contribution in [0, 0.1) is 23.0 Å². The Morgan fingerprint density at radius 1 is 1.07 bits per heavy atom. The third-order valence-corrected chi connectivity index (χ3v) is 8.29. The van der Waals surface area contributed by atoms with E-state index in [1.165, 1.54) is 17.8 Å². The molecule has 2 aliphatic rings. The molecule has 2 saturated heterocycles. The van der Waals surface area contributed by atoms with Crippen molar-refractivity contribution < 1.29 is 15.0 Å². The lowest BCUT2D eigenvalue weighted by Crippen LogP contribution is -2.57. The maximum absolute atomic E-state index is 13.4. The maximum atomic E-state index is 13.4. The standard InChI is InChI=1S/C31H33ClF2N6O.H2/c1-21-19-39(12-13-40(21)26-8-10-38(11-9-26)20-23-4-2-22(16-35)3-5-23)30-27(32)15-25(18-36-30)31(41)37-17-24-6-7-28(33)29(34)14-24;/h2-7,14-15,18,21,26H,8-13,17,19-20H2,1H3,(H,37,41);1H/t21-;/m1./s1. The van der Waals surface area contributed by atoms with Crippen LogP contribution in [0.15, 0.2) is 54.7 Å². The highest BCUT2D eigenvalue weighted by atomic mass is 35.5. The number of hydrogen-bond donors (Lipinski definition) is 1. The van der Waals surface area contributed by atoms with Crippen LogP contribution < -0.4 is 10.2 Å². The predicted molar refractivity (Wildman–Crippen MR) is 157 cm³/mol. The van der Waals surface area contributed by atoms with Gasteiger partial charge in [-0.25, -0.2) is 13.8 Å². The van der Waals surface area contributed by atoms with Gasteiger partial charge in [0.25, 0.3) is 5.91 Å². The summed E-state index contributed by atoms with van der Waals surface area (Å²) in [6.45, 7) is 7.80. The van der Waals surface area contributed by atoms with Gasteiger partial charge in [-0.05, 0) is 74.3 Å². The van der Waals surface area contributed by atoms with Crippen molar-refractivity contribution in [1.82, 2.24) is 20.1 Å². The van der Waals surface area contributed by atoms with Gasteiger partial charge in [0.1, 0.15) is 5.82 Å². The summed E-state index contributed by atoms with van der Waals surface area (Å²) in [4.78, 5) is 24.4. The zero-order chi connectivity index (χ0) is 28.9. The number of rotatable bonds is 7. The topological polar surface area (TPSA) is 75.5 Å². The fourth-order valence-corrected chi connectivity index (χ4v) is 6.07. The summed E-state index contributed by atoms with van der Waals surface area (Å²) in [5, 5.41) is 12.1. The van der Waals surface area contributed by atoms with Gasteiger partial charge in [-0.3, -0.25) is 14.6 Å². The van der Waals surface area contributed by atoms with Crippen LogP contribution in [0.2, 0.25) is 5.02 Å². The van der Waals surface area contributed by atoms with Crippen LogP contribution in [-0.2, 0) is 13.1 Å². The molecule has 3 heterocycles. The molecule has 0 bridgehead atoms.